The lowest BCUT2D eigenvalue weighted by atomic mass is 9.84. The third-order valence-corrected chi connectivity index (χ3v) is 6.56. The maximum absolute atomic E-state index is 13.0. The molecule has 2 aliphatic rings. The number of halogens is 1. The van der Waals surface area contributed by atoms with Gasteiger partial charge in [-0.2, -0.15) is 0 Å². The van der Waals surface area contributed by atoms with E-state index in [1.54, 1.807) is 0 Å². The number of aryl methyl sites for hydroxylation is 1. The average molecular weight is 444 g/mol. The molecule has 0 aromatic heterocycles. The van der Waals surface area contributed by atoms with Crippen LogP contribution in [-0.4, -0.2) is 36.1 Å². The summed E-state index contributed by atoms with van der Waals surface area (Å²) in [6, 6.07) is 14.9. The fourth-order valence-electron chi connectivity index (χ4n) is 4.30. The second kappa shape index (κ2) is 7.43. The van der Waals surface area contributed by atoms with Gasteiger partial charge in [-0.1, -0.05) is 45.8 Å². The number of hydrogen-bond donors (Lipinski definition) is 2. The average Bonchev–Trinajstić information content (AvgIpc) is 2.98. The number of benzene rings is 2. The second-order valence-electron chi connectivity index (χ2n) is 7.86. The second-order valence-corrected chi connectivity index (χ2v) is 8.77. The summed E-state index contributed by atoms with van der Waals surface area (Å²) in [4.78, 5) is 27.9. The molecule has 6 heteroatoms. The number of likely N-dealkylation sites (tertiary alicyclic amines) is 1. The summed E-state index contributed by atoms with van der Waals surface area (Å²) >= 11 is 3.42. The zero-order valence-electron chi connectivity index (χ0n) is 15.8. The van der Waals surface area contributed by atoms with Crippen molar-refractivity contribution in [2.75, 3.05) is 18.0 Å². The van der Waals surface area contributed by atoms with Crippen LogP contribution < -0.4 is 9.80 Å². The van der Waals surface area contributed by atoms with Crippen molar-refractivity contribution in [3.8, 4) is 0 Å². The molecule has 146 valence electrons. The van der Waals surface area contributed by atoms with Gasteiger partial charge in [0.15, 0.2) is 6.04 Å². The topological polar surface area (TPSA) is 62.1 Å². The number of nitrogens with zero attached hydrogens (tertiary/aromatic N) is 1. The summed E-state index contributed by atoms with van der Waals surface area (Å²) in [6.45, 7) is 3.31. The van der Waals surface area contributed by atoms with Crippen molar-refractivity contribution < 1.29 is 19.6 Å². The van der Waals surface area contributed by atoms with Gasteiger partial charge in [-0.25, -0.2) is 4.90 Å². The number of imide groups is 1. The lowest BCUT2D eigenvalue weighted by molar-refractivity contribution is -0.922. The third kappa shape index (κ3) is 3.52. The minimum atomic E-state index is -0.869. The van der Waals surface area contributed by atoms with Gasteiger partial charge in [-0.3, -0.25) is 9.59 Å². The zero-order chi connectivity index (χ0) is 19.9. The standard InChI is InChI=1S/C22H23BrN2O3/c1-15-2-8-18(9-3-15)25-20(26)14-19(21(25)27)24-12-10-22(28,11-13-24)16-4-6-17(23)7-5-16/h2-9,19,28H,10-14H2,1H3/p+1/t19-/m1/s1. The number of rotatable bonds is 3. The Bertz CT molecular complexity index is 887. The number of carbonyl (C=O) groups is 2. The quantitative estimate of drug-likeness (QED) is 0.712. The Labute approximate surface area is 173 Å². The molecule has 0 unspecified atom stereocenters. The molecule has 2 aromatic carbocycles. The van der Waals surface area contributed by atoms with Crippen LogP contribution in [0.2, 0.25) is 0 Å². The highest BCUT2D eigenvalue weighted by Crippen LogP contribution is 2.31. The van der Waals surface area contributed by atoms with E-state index in [1.807, 2.05) is 55.5 Å². The number of hydrogen-bond acceptors (Lipinski definition) is 3. The molecular formula is C22H24BrN2O3+. The highest BCUT2D eigenvalue weighted by Gasteiger charge is 2.48. The molecule has 2 N–H and O–H groups in total. The third-order valence-electron chi connectivity index (χ3n) is 6.03. The Hall–Kier alpha value is -2.02. The number of amides is 2. The summed E-state index contributed by atoms with van der Waals surface area (Å²) in [6.07, 6.45) is 1.39. The Balaban J connectivity index is 1.46. The fourth-order valence-corrected chi connectivity index (χ4v) is 4.56. The minimum absolute atomic E-state index is 0.127. The first-order chi connectivity index (χ1) is 13.4. The molecule has 2 saturated heterocycles. The predicted molar refractivity (Wildman–Crippen MR) is 110 cm³/mol. The van der Waals surface area contributed by atoms with Crippen LogP contribution in [0.15, 0.2) is 53.0 Å². The van der Waals surface area contributed by atoms with Gasteiger partial charge in [0.25, 0.3) is 5.91 Å². The van der Waals surface area contributed by atoms with Gasteiger partial charge in [0.2, 0.25) is 5.91 Å². The highest BCUT2D eigenvalue weighted by molar-refractivity contribution is 9.10. The molecule has 2 fully saturated rings. The maximum Gasteiger partial charge on any atom is 0.292 e. The first-order valence-corrected chi connectivity index (χ1v) is 10.4. The van der Waals surface area contributed by atoms with E-state index in [9.17, 15) is 14.7 Å². The molecule has 2 amide bonds. The van der Waals surface area contributed by atoms with E-state index < -0.39 is 5.60 Å². The molecule has 0 radical (unpaired) electrons. The summed E-state index contributed by atoms with van der Waals surface area (Å²) < 4.78 is 0.981. The van der Waals surface area contributed by atoms with Crippen LogP contribution in [0, 0.1) is 6.92 Å². The van der Waals surface area contributed by atoms with Crippen LogP contribution >= 0.6 is 15.9 Å². The maximum atomic E-state index is 13.0. The SMILES string of the molecule is Cc1ccc(N2C(=O)C[C@@H]([NH+]3CCC(O)(c4ccc(Br)cc4)CC3)C2=O)cc1. The van der Waals surface area contributed by atoms with E-state index in [0.717, 1.165) is 20.5 Å². The molecule has 28 heavy (non-hydrogen) atoms. The van der Waals surface area contributed by atoms with Crippen LogP contribution in [0.25, 0.3) is 0 Å². The van der Waals surface area contributed by atoms with Gasteiger partial charge >= 0.3 is 0 Å². The van der Waals surface area contributed by atoms with Gasteiger partial charge in [0, 0.05) is 17.3 Å². The van der Waals surface area contributed by atoms with E-state index in [0.29, 0.717) is 31.6 Å². The van der Waals surface area contributed by atoms with Crippen molar-refractivity contribution in [2.45, 2.75) is 37.8 Å². The first kappa shape index (κ1) is 19.3. The Kier molecular flexibility index (Phi) is 5.12. The smallest absolute Gasteiger partial charge is 0.292 e. The van der Waals surface area contributed by atoms with E-state index in [4.69, 9.17) is 0 Å². The molecule has 2 heterocycles. The molecule has 0 saturated carbocycles. The number of carbonyl (C=O) groups excluding carboxylic acids is 2. The van der Waals surface area contributed by atoms with Crippen LogP contribution in [-0.2, 0) is 15.2 Å². The normalized spacial score (nSPS) is 28.0. The number of piperidine rings is 1. The van der Waals surface area contributed by atoms with E-state index in [1.165, 1.54) is 4.90 Å². The Morgan fingerprint density at radius 3 is 2.25 bits per heavy atom. The zero-order valence-corrected chi connectivity index (χ0v) is 17.4. The first-order valence-electron chi connectivity index (χ1n) is 9.64. The molecule has 4 rings (SSSR count). The number of quaternary nitrogens is 1. The number of nitrogens with one attached hydrogen (secondary N) is 1. The Morgan fingerprint density at radius 2 is 1.64 bits per heavy atom. The summed E-state index contributed by atoms with van der Waals surface area (Å²) in [5, 5.41) is 11.1. The van der Waals surface area contributed by atoms with Crippen molar-refractivity contribution in [1.29, 1.82) is 0 Å². The summed E-state index contributed by atoms with van der Waals surface area (Å²) in [7, 11) is 0. The van der Waals surface area contributed by atoms with Crippen LogP contribution in [0.5, 0.6) is 0 Å². The van der Waals surface area contributed by atoms with E-state index >= 15 is 0 Å². The fraction of sp³-hybridized carbons (Fsp3) is 0.364. The molecule has 0 bridgehead atoms. The van der Waals surface area contributed by atoms with Gasteiger partial charge in [0.1, 0.15) is 5.60 Å². The lowest BCUT2D eigenvalue weighted by Gasteiger charge is -2.38. The van der Waals surface area contributed by atoms with E-state index in [-0.39, 0.29) is 24.3 Å². The minimum Gasteiger partial charge on any atom is -0.385 e. The summed E-state index contributed by atoms with van der Waals surface area (Å²) in [5.41, 5.74) is 1.77. The highest BCUT2D eigenvalue weighted by atomic mass is 79.9. The summed E-state index contributed by atoms with van der Waals surface area (Å²) in [5.74, 6) is -0.266. The number of aliphatic hydroxyl groups is 1. The van der Waals surface area contributed by atoms with Crippen molar-refractivity contribution >= 4 is 33.4 Å². The van der Waals surface area contributed by atoms with Crippen LogP contribution in [0.3, 0.4) is 0 Å². The largest absolute Gasteiger partial charge is 0.385 e. The van der Waals surface area contributed by atoms with E-state index in [2.05, 4.69) is 15.9 Å². The molecule has 0 spiro atoms. The van der Waals surface area contributed by atoms with Gasteiger partial charge < -0.3 is 10.0 Å². The van der Waals surface area contributed by atoms with Crippen molar-refractivity contribution in [3.63, 3.8) is 0 Å². The molecule has 5 nitrogen and oxygen atoms in total. The molecular weight excluding hydrogens is 420 g/mol. The molecule has 1 atom stereocenters. The Morgan fingerprint density at radius 1 is 1.04 bits per heavy atom. The monoisotopic (exact) mass is 443 g/mol. The van der Waals surface area contributed by atoms with Crippen molar-refractivity contribution in [3.05, 3.63) is 64.1 Å². The predicted octanol–water partition coefficient (Wildman–Crippen LogP) is 1.96. The molecule has 2 aliphatic heterocycles. The van der Waals surface area contributed by atoms with Crippen LogP contribution in [0.4, 0.5) is 5.69 Å². The lowest BCUT2D eigenvalue weighted by Crippen LogP contribution is -3.18. The molecule has 0 aliphatic carbocycles. The van der Waals surface area contributed by atoms with Crippen LogP contribution in [0.1, 0.15) is 30.4 Å². The van der Waals surface area contributed by atoms with Gasteiger partial charge in [0.05, 0.1) is 25.2 Å². The van der Waals surface area contributed by atoms with Gasteiger partial charge in [-0.05, 0) is 36.8 Å². The van der Waals surface area contributed by atoms with Crippen molar-refractivity contribution in [2.24, 2.45) is 0 Å². The van der Waals surface area contributed by atoms with Crippen molar-refractivity contribution in [1.82, 2.24) is 0 Å². The molecule has 2 aromatic rings. The number of anilines is 1. The van der Waals surface area contributed by atoms with Gasteiger partial charge in [-0.15, -0.1) is 0 Å².